The van der Waals surface area contributed by atoms with Crippen molar-refractivity contribution in [2.45, 2.75) is 38.1 Å². The maximum absolute atomic E-state index is 9.69. The number of aliphatic hydroxyl groups excluding tert-OH is 1. The third-order valence-corrected chi connectivity index (χ3v) is 3.58. The molecule has 0 aromatic carbocycles. The first-order chi connectivity index (χ1) is 8.69. The van der Waals surface area contributed by atoms with Crippen molar-refractivity contribution in [3.63, 3.8) is 0 Å². The smallest absolute Gasteiger partial charge is 0.182 e. The first kappa shape index (κ1) is 12.8. The second-order valence-corrected chi connectivity index (χ2v) is 5.13. The number of nitrogens with one attached hydrogen (secondary N) is 1. The molecule has 5 heteroatoms. The molecule has 0 radical (unpaired) electrons. The van der Waals surface area contributed by atoms with Gasteiger partial charge in [-0.05, 0) is 18.8 Å². The highest BCUT2D eigenvalue weighted by atomic mass is 16.3. The molecule has 2 N–H and O–H groups in total. The van der Waals surface area contributed by atoms with Crippen LogP contribution < -0.4 is 5.32 Å². The lowest BCUT2D eigenvalue weighted by Crippen LogP contribution is -2.46. The second-order valence-electron chi connectivity index (χ2n) is 5.13. The molecule has 1 heterocycles. The Hall–Kier alpha value is -1.67. The zero-order valence-electron chi connectivity index (χ0n) is 10.6. The fourth-order valence-corrected chi connectivity index (χ4v) is 2.72. The summed E-state index contributed by atoms with van der Waals surface area (Å²) in [5.41, 5.74) is -0.0807. The summed E-state index contributed by atoms with van der Waals surface area (Å²) in [6.07, 6.45) is 7.12. The molecule has 5 nitrogen and oxygen atoms in total. The van der Waals surface area contributed by atoms with Crippen LogP contribution in [0.4, 0.5) is 5.82 Å². The van der Waals surface area contributed by atoms with E-state index in [2.05, 4.69) is 22.2 Å². The monoisotopic (exact) mass is 246 g/mol. The molecule has 0 amide bonds. The van der Waals surface area contributed by atoms with Gasteiger partial charge in [-0.2, -0.15) is 5.26 Å². The molecule has 1 aliphatic carbocycles. The zero-order chi connectivity index (χ0) is 13.0. The van der Waals surface area contributed by atoms with Crippen molar-refractivity contribution in [2.75, 3.05) is 11.9 Å². The van der Waals surface area contributed by atoms with Gasteiger partial charge in [-0.15, -0.1) is 0 Å². The highest BCUT2D eigenvalue weighted by Gasteiger charge is 2.35. The molecule has 0 bridgehead atoms. The van der Waals surface area contributed by atoms with E-state index in [0.29, 0.717) is 11.7 Å². The van der Waals surface area contributed by atoms with Crippen molar-refractivity contribution in [3.8, 4) is 6.07 Å². The Bertz CT molecular complexity index is 457. The van der Waals surface area contributed by atoms with Gasteiger partial charge in [0.15, 0.2) is 11.5 Å². The summed E-state index contributed by atoms with van der Waals surface area (Å²) in [6.45, 7) is 2.24. The summed E-state index contributed by atoms with van der Waals surface area (Å²) in [5.74, 6) is 1.05. The van der Waals surface area contributed by atoms with Crippen molar-refractivity contribution in [2.24, 2.45) is 5.92 Å². The molecule has 2 atom stereocenters. The minimum Gasteiger partial charge on any atom is -0.394 e. The highest BCUT2D eigenvalue weighted by molar-refractivity contribution is 5.48. The molecule has 1 aromatic rings. The van der Waals surface area contributed by atoms with E-state index in [1.165, 1.54) is 12.6 Å². The molecule has 0 aliphatic heterocycles. The quantitative estimate of drug-likeness (QED) is 0.848. The molecular weight excluding hydrogens is 228 g/mol. The molecule has 1 aromatic heterocycles. The first-order valence-corrected chi connectivity index (χ1v) is 6.29. The van der Waals surface area contributed by atoms with E-state index in [0.717, 1.165) is 19.3 Å². The Kier molecular flexibility index (Phi) is 3.78. The number of aliphatic hydroxyl groups is 1. The van der Waals surface area contributed by atoms with Crippen molar-refractivity contribution < 1.29 is 5.11 Å². The number of hydrogen-bond acceptors (Lipinski definition) is 5. The number of rotatable bonds is 3. The van der Waals surface area contributed by atoms with Gasteiger partial charge in [0, 0.05) is 12.4 Å². The molecule has 2 rings (SSSR count). The molecule has 18 heavy (non-hydrogen) atoms. The number of hydrogen-bond donors (Lipinski definition) is 2. The summed E-state index contributed by atoms with van der Waals surface area (Å²) >= 11 is 0. The topological polar surface area (TPSA) is 81.8 Å². The van der Waals surface area contributed by atoms with Crippen LogP contribution in [-0.2, 0) is 0 Å². The fraction of sp³-hybridized carbons (Fsp3) is 0.615. The number of anilines is 1. The van der Waals surface area contributed by atoms with Crippen LogP contribution >= 0.6 is 0 Å². The summed E-state index contributed by atoms with van der Waals surface area (Å²) in [6, 6.07) is 2.02. The molecule has 0 saturated heterocycles. The lowest BCUT2D eigenvalue weighted by Gasteiger charge is -2.39. The van der Waals surface area contributed by atoms with Gasteiger partial charge in [0.25, 0.3) is 0 Å². The van der Waals surface area contributed by atoms with Gasteiger partial charge in [-0.3, -0.25) is 0 Å². The summed E-state index contributed by atoms with van der Waals surface area (Å²) in [5, 5.41) is 21.9. The Morgan fingerprint density at radius 2 is 2.33 bits per heavy atom. The fourth-order valence-electron chi connectivity index (χ4n) is 2.72. The lowest BCUT2D eigenvalue weighted by molar-refractivity contribution is 0.149. The lowest BCUT2D eigenvalue weighted by atomic mass is 9.77. The van der Waals surface area contributed by atoms with Gasteiger partial charge in [-0.1, -0.05) is 19.8 Å². The average molecular weight is 246 g/mol. The molecule has 1 aliphatic rings. The predicted molar refractivity (Wildman–Crippen MR) is 67.8 cm³/mol. The number of aromatic nitrogens is 2. The van der Waals surface area contributed by atoms with E-state index in [9.17, 15) is 5.11 Å². The van der Waals surface area contributed by atoms with E-state index < -0.39 is 0 Å². The van der Waals surface area contributed by atoms with Gasteiger partial charge in [-0.25, -0.2) is 9.97 Å². The Balaban J connectivity index is 2.22. The van der Waals surface area contributed by atoms with Gasteiger partial charge in [0.1, 0.15) is 6.07 Å². The van der Waals surface area contributed by atoms with E-state index in [-0.39, 0.29) is 17.8 Å². The molecule has 1 saturated carbocycles. The predicted octanol–water partition coefficient (Wildman–Crippen LogP) is 1.70. The number of nitriles is 1. The Morgan fingerprint density at radius 1 is 1.56 bits per heavy atom. The molecule has 0 spiro atoms. The van der Waals surface area contributed by atoms with Crippen LogP contribution in [0.25, 0.3) is 0 Å². The third-order valence-electron chi connectivity index (χ3n) is 3.58. The Labute approximate surface area is 107 Å². The molecule has 96 valence electrons. The third kappa shape index (κ3) is 2.59. The van der Waals surface area contributed by atoms with E-state index in [1.54, 1.807) is 6.20 Å². The molecule has 1 fully saturated rings. The van der Waals surface area contributed by atoms with Crippen LogP contribution in [0.1, 0.15) is 38.3 Å². The van der Waals surface area contributed by atoms with Crippen molar-refractivity contribution >= 4 is 5.82 Å². The Morgan fingerprint density at radius 3 is 3.00 bits per heavy atom. The van der Waals surface area contributed by atoms with E-state index in [1.807, 2.05) is 6.07 Å². The molecule has 2 unspecified atom stereocenters. The van der Waals surface area contributed by atoms with Crippen LogP contribution in [0.3, 0.4) is 0 Å². The minimum atomic E-state index is -0.362. The van der Waals surface area contributed by atoms with Crippen LogP contribution in [-0.4, -0.2) is 27.2 Å². The van der Waals surface area contributed by atoms with Gasteiger partial charge in [0.05, 0.1) is 12.1 Å². The minimum absolute atomic E-state index is 0.0543. The largest absolute Gasteiger partial charge is 0.394 e. The SMILES string of the molecule is CC1CCCC(CO)(Nc2nccnc2C#N)C1. The van der Waals surface area contributed by atoms with E-state index in [4.69, 9.17) is 5.26 Å². The second kappa shape index (κ2) is 5.32. The van der Waals surface area contributed by atoms with Crippen LogP contribution in [0.15, 0.2) is 12.4 Å². The van der Waals surface area contributed by atoms with Crippen LogP contribution in [0.5, 0.6) is 0 Å². The van der Waals surface area contributed by atoms with Crippen molar-refractivity contribution in [1.29, 1.82) is 5.26 Å². The van der Waals surface area contributed by atoms with E-state index >= 15 is 0 Å². The summed E-state index contributed by atoms with van der Waals surface area (Å²) in [7, 11) is 0. The highest BCUT2D eigenvalue weighted by Crippen LogP contribution is 2.34. The van der Waals surface area contributed by atoms with Crippen LogP contribution in [0, 0.1) is 17.2 Å². The van der Waals surface area contributed by atoms with Gasteiger partial charge in [0.2, 0.25) is 0 Å². The van der Waals surface area contributed by atoms with Crippen molar-refractivity contribution in [1.82, 2.24) is 9.97 Å². The van der Waals surface area contributed by atoms with Gasteiger partial charge < -0.3 is 10.4 Å². The first-order valence-electron chi connectivity index (χ1n) is 6.29. The van der Waals surface area contributed by atoms with Crippen LogP contribution in [0.2, 0.25) is 0 Å². The summed E-state index contributed by atoms with van der Waals surface area (Å²) in [4.78, 5) is 8.13. The molecular formula is C13H18N4O. The average Bonchev–Trinajstić information content (AvgIpc) is 2.39. The summed E-state index contributed by atoms with van der Waals surface area (Å²) < 4.78 is 0. The normalized spacial score (nSPS) is 27.5. The van der Waals surface area contributed by atoms with Gasteiger partial charge >= 0.3 is 0 Å². The zero-order valence-corrected chi connectivity index (χ0v) is 10.6. The maximum atomic E-state index is 9.69. The van der Waals surface area contributed by atoms with Crippen molar-refractivity contribution in [3.05, 3.63) is 18.1 Å². The number of nitrogens with zero attached hydrogens (tertiary/aromatic N) is 3. The maximum Gasteiger partial charge on any atom is 0.182 e. The standard InChI is InChI=1S/C13H18N4O/c1-10-3-2-4-13(7-10,9-18)17-12-11(8-14)15-5-6-16-12/h5-6,10,18H,2-4,7,9H2,1H3,(H,16,17).